The predicted molar refractivity (Wildman–Crippen MR) is 233 cm³/mol. The van der Waals surface area contributed by atoms with Gasteiger partial charge in [-0.3, -0.25) is 0 Å². The topological polar surface area (TPSA) is 38.9 Å². The van der Waals surface area contributed by atoms with E-state index in [-0.39, 0.29) is 5.41 Å². The fraction of sp³-hybridized carbons (Fsp3) is 0.0566. The van der Waals surface area contributed by atoms with Crippen molar-refractivity contribution in [1.82, 2.24) is 9.97 Å². The summed E-state index contributed by atoms with van der Waals surface area (Å²) >= 11 is 0. The van der Waals surface area contributed by atoms with Crippen LogP contribution in [0.5, 0.6) is 0 Å². The summed E-state index contributed by atoms with van der Waals surface area (Å²) in [7, 11) is 0. The van der Waals surface area contributed by atoms with Crippen molar-refractivity contribution in [1.29, 1.82) is 0 Å². The van der Waals surface area contributed by atoms with Crippen molar-refractivity contribution >= 4 is 65.0 Å². The summed E-state index contributed by atoms with van der Waals surface area (Å²) in [5.74, 6) is 0.669. The maximum atomic E-state index is 7.08. The lowest BCUT2D eigenvalue weighted by Crippen LogP contribution is -2.16. The Morgan fingerprint density at radius 2 is 0.929 bits per heavy atom. The zero-order valence-corrected chi connectivity index (χ0v) is 31.0. The van der Waals surface area contributed by atoms with Crippen LogP contribution in [0.1, 0.15) is 25.0 Å². The summed E-state index contributed by atoms with van der Waals surface area (Å²) in [5, 5.41) is 12.6. The molecule has 2 heterocycles. The van der Waals surface area contributed by atoms with Crippen molar-refractivity contribution < 1.29 is 4.42 Å². The molecule has 12 rings (SSSR count). The second-order valence-electron chi connectivity index (χ2n) is 15.6. The van der Waals surface area contributed by atoms with Crippen molar-refractivity contribution in [3.05, 3.63) is 181 Å². The van der Waals surface area contributed by atoms with Crippen molar-refractivity contribution in [2.24, 2.45) is 0 Å². The van der Waals surface area contributed by atoms with Crippen molar-refractivity contribution in [2.45, 2.75) is 19.3 Å². The van der Waals surface area contributed by atoms with Crippen LogP contribution >= 0.6 is 0 Å². The number of hydrogen-bond donors (Lipinski definition) is 0. The van der Waals surface area contributed by atoms with Crippen LogP contribution < -0.4 is 0 Å². The average molecular weight is 715 g/mol. The first kappa shape index (κ1) is 31.3. The van der Waals surface area contributed by atoms with Gasteiger partial charge in [-0.05, 0) is 84.0 Å². The highest BCUT2D eigenvalue weighted by Gasteiger charge is 2.42. The second kappa shape index (κ2) is 11.5. The van der Waals surface area contributed by atoms with Gasteiger partial charge in [0.05, 0.1) is 11.4 Å². The summed E-state index contributed by atoms with van der Waals surface area (Å²) in [4.78, 5) is 10.2. The number of nitrogens with zero attached hydrogens (tertiary/aromatic N) is 2. The van der Waals surface area contributed by atoms with Crippen molar-refractivity contribution in [3.8, 4) is 45.0 Å². The average Bonchev–Trinajstić information content (AvgIpc) is 3.75. The van der Waals surface area contributed by atoms with Crippen molar-refractivity contribution in [3.63, 3.8) is 0 Å². The number of aromatic nitrogens is 2. The fourth-order valence-electron chi connectivity index (χ4n) is 9.79. The number of furan rings is 1. The second-order valence-corrected chi connectivity index (χ2v) is 15.6. The van der Waals surface area contributed by atoms with Gasteiger partial charge in [-0.15, -0.1) is 0 Å². The van der Waals surface area contributed by atoms with E-state index in [4.69, 9.17) is 14.4 Å². The summed E-state index contributed by atoms with van der Waals surface area (Å²) < 4.78 is 7.08. The van der Waals surface area contributed by atoms with E-state index in [9.17, 15) is 0 Å². The Morgan fingerprint density at radius 3 is 1.55 bits per heavy atom. The van der Waals surface area contributed by atoms with Gasteiger partial charge in [-0.25, -0.2) is 9.97 Å². The SMILES string of the molecule is CC1(C)c2c(ccc3c2oc2cc(-c4nc(-c5ccccc5)cc(-c5ccccc5)n4)ccc23)-c2c1c1c3ccccc3c3ccccc3c1c1ccccc21. The zero-order chi connectivity index (χ0) is 37.1. The minimum absolute atomic E-state index is 0.355. The molecule has 0 bridgehead atoms. The molecule has 9 aromatic carbocycles. The summed E-state index contributed by atoms with van der Waals surface area (Å²) in [6.07, 6.45) is 0. The van der Waals surface area contributed by atoms with E-state index in [1.54, 1.807) is 0 Å². The molecule has 0 fully saturated rings. The van der Waals surface area contributed by atoms with Gasteiger partial charge >= 0.3 is 0 Å². The standard InChI is InChI=1S/C53H34N2O/c1-53(2)49-42(47-40-24-14-13-23-39(40)46-37-21-11-9-19-34(37)35-20-10-12-22-38(35)48(46)50(47)53)28-27-41-36-26-25-33(29-45(36)56-51(41)49)52-54-43(31-15-5-3-6-16-31)30-44(55-52)32-17-7-4-8-18-32/h3-30H,1-2H3. The molecule has 262 valence electrons. The highest BCUT2D eigenvalue weighted by Crippen LogP contribution is 2.59. The van der Waals surface area contributed by atoms with Crippen LogP contribution in [0, 0.1) is 0 Å². The molecular weight excluding hydrogens is 681 g/mol. The third-order valence-corrected chi connectivity index (χ3v) is 12.2. The summed E-state index contributed by atoms with van der Waals surface area (Å²) in [5.41, 5.74) is 11.4. The zero-order valence-electron chi connectivity index (χ0n) is 31.0. The minimum Gasteiger partial charge on any atom is -0.456 e. The molecule has 0 unspecified atom stereocenters. The molecule has 2 aromatic heterocycles. The van der Waals surface area contributed by atoms with Crippen LogP contribution in [0.15, 0.2) is 174 Å². The normalized spacial score (nSPS) is 13.3. The molecule has 56 heavy (non-hydrogen) atoms. The molecule has 0 aliphatic heterocycles. The smallest absolute Gasteiger partial charge is 0.160 e. The molecule has 0 spiro atoms. The van der Waals surface area contributed by atoms with E-state index >= 15 is 0 Å². The van der Waals surface area contributed by atoms with E-state index in [0.717, 1.165) is 50.0 Å². The van der Waals surface area contributed by atoms with Gasteiger partial charge in [0.15, 0.2) is 5.82 Å². The third-order valence-electron chi connectivity index (χ3n) is 12.2. The van der Waals surface area contributed by atoms with E-state index in [1.165, 1.54) is 65.3 Å². The molecular formula is C53H34N2O. The van der Waals surface area contributed by atoms with E-state index in [0.29, 0.717) is 5.82 Å². The molecule has 1 aliphatic rings. The first-order valence-electron chi connectivity index (χ1n) is 19.3. The van der Waals surface area contributed by atoms with Gasteiger partial charge in [-0.2, -0.15) is 0 Å². The van der Waals surface area contributed by atoms with E-state index in [1.807, 2.05) is 36.4 Å². The Labute approximate surface area is 323 Å². The molecule has 0 atom stereocenters. The third kappa shape index (κ3) is 4.28. The summed E-state index contributed by atoms with van der Waals surface area (Å²) in [6.45, 7) is 4.78. The Balaban J connectivity index is 1.11. The Morgan fingerprint density at radius 1 is 0.411 bits per heavy atom. The Kier molecular flexibility index (Phi) is 6.40. The quantitative estimate of drug-likeness (QED) is 0.171. The van der Waals surface area contributed by atoms with Crippen LogP contribution in [-0.2, 0) is 5.41 Å². The molecule has 0 amide bonds. The number of benzene rings is 9. The maximum absolute atomic E-state index is 7.08. The van der Waals surface area contributed by atoms with Gasteiger partial charge < -0.3 is 4.42 Å². The molecule has 0 saturated carbocycles. The fourth-order valence-corrected chi connectivity index (χ4v) is 9.79. The van der Waals surface area contributed by atoms with Crippen LogP contribution in [0.25, 0.3) is 110 Å². The first-order chi connectivity index (χ1) is 27.5. The molecule has 11 aromatic rings. The molecule has 3 nitrogen and oxygen atoms in total. The lowest BCUT2D eigenvalue weighted by Gasteiger charge is -2.26. The van der Waals surface area contributed by atoms with E-state index < -0.39 is 0 Å². The predicted octanol–water partition coefficient (Wildman–Crippen LogP) is 14.3. The number of rotatable bonds is 3. The number of hydrogen-bond acceptors (Lipinski definition) is 3. The van der Waals surface area contributed by atoms with Gasteiger partial charge in [0.1, 0.15) is 11.2 Å². The summed E-state index contributed by atoms with van der Waals surface area (Å²) in [6, 6.07) is 60.6. The highest BCUT2D eigenvalue weighted by molar-refractivity contribution is 6.35. The van der Waals surface area contributed by atoms with Crippen LogP contribution in [0.3, 0.4) is 0 Å². The molecule has 1 aliphatic carbocycles. The highest BCUT2D eigenvalue weighted by atomic mass is 16.3. The minimum atomic E-state index is -0.355. The van der Waals surface area contributed by atoms with E-state index in [2.05, 4.69) is 147 Å². The Hall–Kier alpha value is -7.10. The number of fused-ring (bicyclic) bond motifs is 17. The van der Waals surface area contributed by atoms with Gasteiger partial charge in [0, 0.05) is 38.4 Å². The van der Waals surface area contributed by atoms with Gasteiger partial charge in [0.25, 0.3) is 0 Å². The first-order valence-corrected chi connectivity index (χ1v) is 19.3. The lowest BCUT2D eigenvalue weighted by atomic mass is 9.77. The monoisotopic (exact) mass is 714 g/mol. The van der Waals surface area contributed by atoms with Crippen LogP contribution in [0.4, 0.5) is 0 Å². The van der Waals surface area contributed by atoms with Gasteiger partial charge in [0.2, 0.25) is 0 Å². The van der Waals surface area contributed by atoms with Crippen LogP contribution in [-0.4, -0.2) is 9.97 Å². The maximum Gasteiger partial charge on any atom is 0.160 e. The molecule has 0 N–H and O–H groups in total. The Bertz CT molecular complexity index is 3370. The van der Waals surface area contributed by atoms with Gasteiger partial charge in [-0.1, -0.05) is 159 Å². The lowest BCUT2D eigenvalue weighted by molar-refractivity contribution is 0.623. The molecule has 0 radical (unpaired) electrons. The van der Waals surface area contributed by atoms with Crippen LogP contribution in [0.2, 0.25) is 0 Å². The molecule has 3 heteroatoms. The molecule has 0 saturated heterocycles. The van der Waals surface area contributed by atoms with Crippen molar-refractivity contribution in [2.75, 3.05) is 0 Å². The largest absolute Gasteiger partial charge is 0.456 e.